The monoisotopic (exact) mass is 610 g/mol. The zero-order valence-electron chi connectivity index (χ0n) is 14.0. The Morgan fingerprint density at radius 2 is 1.61 bits per heavy atom. The average molecular weight is 613 g/mol. The van der Waals surface area contributed by atoms with Gasteiger partial charge in [0.2, 0.25) is 0 Å². The number of nitrogens with one attached hydrogen (secondary N) is 1. The van der Waals surface area contributed by atoms with Crippen LogP contribution in [0.4, 0.5) is 5.69 Å². The number of hydrogen-bond donors (Lipinski definition) is 1. The van der Waals surface area contributed by atoms with E-state index in [0.29, 0.717) is 21.3 Å². The Morgan fingerprint density at radius 1 is 1.00 bits per heavy atom. The van der Waals surface area contributed by atoms with Gasteiger partial charge < -0.3 is 0 Å². The molecule has 0 aliphatic heterocycles. The van der Waals surface area contributed by atoms with E-state index in [0.717, 1.165) is 0 Å². The van der Waals surface area contributed by atoms with Crippen molar-refractivity contribution < 1.29 is 30.8 Å². The van der Waals surface area contributed by atoms with E-state index in [1.807, 2.05) is 4.93 Å². The summed E-state index contributed by atoms with van der Waals surface area (Å²) < 4.78 is -1.38. The second kappa shape index (κ2) is 8.66. The third-order valence-electron chi connectivity index (χ3n) is 4.26. The Balaban J connectivity index is 1.85. The molecule has 2 unspecified atom stereocenters. The maximum absolute atomic E-state index is 12.8. The van der Waals surface area contributed by atoms with Gasteiger partial charge in [0.15, 0.2) is 0 Å². The molecule has 0 radical (unpaired) electrons. The molecule has 2 aromatic rings. The normalized spacial score (nSPS) is 20.1. The van der Waals surface area contributed by atoms with E-state index in [1.54, 1.807) is 18.2 Å². The van der Waals surface area contributed by atoms with Gasteiger partial charge in [-0.25, -0.2) is 0 Å². The molecule has 150 valence electrons. The van der Waals surface area contributed by atoms with Crippen molar-refractivity contribution in [1.82, 2.24) is 0 Å². The molecule has 1 fully saturated rings. The zero-order chi connectivity index (χ0) is 20.8. The molecular weight excluding hydrogens is 602 g/mol. The number of hydrogen-bond acceptors (Lipinski definition) is 2. The molecule has 0 aromatic heterocycles. The van der Waals surface area contributed by atoms with Crippen molar-refractivity contribution in [2.45, 2.75) is 10.3 Å². The van der Waals surface area contributed by atoms with Gasteiger partial charge in [0.25, 0.3) is 0 Å². The molecule has 1 saturated carbocycles. The quantitative estimate of drug-likeness (QED) is 0.318. The van der Waals surface area contributed by atoms with Crippen LogP contribution in [0.3, 0.4) is 0 Å². The van der Waals surface area contributed by atoms with Gasteiger partial charge in [0, 0.05) is 0 Å². The van der Waals surface area contributed by atoms with E-state index >= 15 is 0 Å². The van der Waals surface area contributed by atoms with Crippen molar-refractivity contribution in [3.8, 4) is 0 Å². The van der Waals surface area contributed by atoms with Crippen LogP contribution in [0.15, 0.2) is 30.3 Å². The van der Waals surface area contributed by atoms with E-state index in [9.17, 15) is 9.59 Å². The third kappa shape index (κ3) is 4.53. The summed E-state index contributed by atoms with van der Waals surface area (Å²) in [5.41, 5.74) is 1.30. The van der Waals surface area contributed by atoms with Crippen LogP contribution in [0, 0.1) is 5.92 Å². The van der Waals surface area contributed by atoms with E-state index in [2.05, 4.69) is 5.32 Å². The summed E-state index contributed by atoms with van der Waals surface area (Å²) >= 11 is 36.3. The van der Waals surface area contributed by atoms with Gasteiger partial charge in [0.05, 0.1) is 0 Å². The number of anilines is 1. The van der Waals surface area contributed by atoms with E-state index in [-0.39, 0.29) is 19.4 Å². The van der Waals surface area contributed by atoms with Gasteiger partial charge in [-0.05, 0) is 0 Å². The SMILES string of the molecule is C[I-]C(=O)c1cc(NC(=O)C2C(c3cc(Cl)cc(Cl)c3)C2(Cl)Cl)cc(Cl)c1Cl. The van der Waals surface area contributed by atoms with Crippen LogP contribution in [0.25, 0.3) is 0 Å². The molecule has 0 heterocycles. The van der Waals surface area contributed by atoms with Crippen LogP contribution in [-0.4, -0.2) is 19.0 Å². The summed E-state index contributed by atoms with van der Waals surface area (Å²) in [6.07, 6.45) is 0. The topological polar surface area (TPSA) is 46.2 Å². The predicted octanol–water partition coefficient (Wildman–Crippen LogP) is 3.69. The van der Waals surface area contributed by atoms with Crippen molar-refractivity contribution in [2.75, 3.05) is 10.2 Å². The first-order valence-corrected chi connectivity index (χ1v) is 13.2. The van der Waals surface area contributed by atoms with Crippen molar-refractivity contribution in [3.63, 3.8) is 0 Å². The molecule has 3 nitrogen and oxygen atoms in total. The minimum atomic E-state index is -1.30. The molecule has 3 rings (SSSR count). The van der Waals surface area contributed by atoms with Crippen LogP contribution < -0.4 is 26.5 Å². The van der Waals surface area contributed by atoms with E-state index in [4.69, 9.17) is 69.6 Å². The first-order chi connectivity index (χ1) is 13.1. The van der Waals surface area contributed by atoms with Crippen molar-refractivity contribution in [3.05, 3.63) is 61.5 Å². The summed E-state index contributed by atoms with van der Waals surface area (Å²) in [5, 5.41) is 3.92. The summed E-state index contributed by atoms with van der Waals surface area (Å²) in [7, 11) is 0. The fourth-order valence-electron chi connectivity index (χ4n) is 2.95. The first kappa shape index (κ1) is 22.7. The molecule has 2 aromatic carbocycles. The number of alkyl halides is 3. The Labute approximate surface area is 202 Å². The molecule has 2 atom stereocenters. The number of carbonyl (C=O) groups is 2. The second-order valence-electron chi connectivity index (χ2n) is 6.10. The Morgan fingerprint density at radius 3 is 2.18 bits per heavy atom. The Kier molecular flexibility index (Phi) is 7.03. The van der Waals surface area contributed by atoms with Crippen molar-refractivity contribution in [1.29, 1.82) is 0 Å². The van der Waals surface area contributed by atoms with Crippen molar-refractivity contribution in [2.24, 2.45) is 5.92 Å². The van der Waals surface area contributed by atoms with Gasteiger partial charge in [-0.1, -0.05) is 0 Å². The summed E-state index contributed by atoms with van der Waals surface area (Å²) in [4.78, 5) is 26.7. The van der Waals surface area contributed by atoms with Crippen molar-refractivity contribution >= 4 is 85.0 Å². The minimum absolute atomic E-state index is 0.0799. The van der Waals surface area contributed by atoms with Gasteiger partial charge in [-0.15, -0.1) is 0 Å². The molecule has 1 amide bonds. The average Bonchev–Trinajstić information content (AvgIpc) is 3.18. The van der Waals surface area contributed by atoms with Crippen LogP contribution in [0.5, 0.6) is 0 Å². The molecule has 0 spiro atoms. The summed E-state index contributed by atoms with van der Waals surface area (Å²) in [5.74, 6) is -1.61. The van der Waals surface area contributed by atoms with Gasteiger partial charge in [0.1, 0.15) is 0 Å². The number of halogens is 7. The maximum atomic E-state index is 12.8. The van der Waals surface area contributed by atoms with Crippen LogP contribution in [0.1, 0.15) is 21.8 Å². The van der Waals surface area contributed by atoms with Gasteiger partial charge in [-0.3, -0.25) is 0 Å². The second-order valence-corrected chi connectivity index (χ2v) is 11.3. The van der Waals surface area contributed by atoms with E-state index in [1.165, 1.54) is 12.1 Å². The number of rotatable bonds is 5. The fraction of sp³-hybridized carbons (Fsp3) is 0.222. The van der Waals surface area contributed by atoms with Crippen LogP contribution in [-0.2, 0) is 4.79 Å². The number of amides is 1. The fourth-order valence-corrected chi connectivity index (χ4v) is 5.90. The van der Waals surface area contributed by atoms with Gasteiger partial charge in [-0.2, -0.15) is 0 Å². The molecule has 1 aliphatic carbocycles. The molecule has 0 saturated heterocycles. The van der Waals surface area contributed by atoms with Crippen LogP contribution in [0.2, 0.25) is 20.1 Å². The molecular formula is C18H11Cl6INO2-. The predicted molar refractivity (Wildman–Crippen MR) is 112 cm³/mol. The van der Waals surface area contributed by atoms with Gasteiger partial charge >= 0.3 is 204 Å². The summed E-state index contributed by atoms with van der Waals surface area (Å²) in [6, 6.07) is 7.91. The molecule has 0 bridgehead atoms. The third-order valence-corrected chi connectivity index (χ3v) is 8.00. The number of benzene rings is 2. The Hall–Kier alpha value is 0.0500. The molecule has 1 N–H and O–H groups in total. The standard InChI is InChI=1S/C18H11Cl6INO2/c1-25-16(27)11-5-10(6-12(21)15(11)22)26-17(28)14-13(18(14,23)24)7-2-8(19)4-9(20)3-7/h2-6,13-14H,1H3,(H,26,28)/q-1. The van der Waals surface area contributed by atoms with Crippen LogP contribution >= 0.6 is 69.6 Å². The summed E-state index contributed by atoms with van der Waals surface area (Å²) in [6.45, 7) is 0. The molecule has 1 aliphatic rings. The van der Waals surface area contributed by atoms with E-state index < -0.39 is 43.3 Å². The zero-order valence-corrected chi connectivity index (χ0v) is 20.7. The molecule has 10 heteroatoms. The first-order valence-electron chi connectivity index (χ1n) is 7.73. The molecule has 28 heavy (non-hydrogen) atoms. The number of carbonyl (C=O) groups excluding carboxylic acids is 2. The Bertz CT molecular complexity index is 961.